The average Bonchev–Trinajstić information content (AvgIpc) is 2.16. The number of nitrogens with zero attached hydrogens (tertiary/aromatic N) is 1. The van der Waals surface area contributed by atoms with E-state index in [1.165, 1.54) is 32.1 Å². The number of hydrogen-bond acceptors (Lipinski definition) is 3. The molecule has 0 aromatic heterocycles. The van der Waals surface area contributed by atoms with E-state index in [-0.39, 0.29) is 12.2 Å². The summed E-state index contributed by atoms with van der Waals surface area (Å²) in [6, 6.07) is 0. The summed E-state index contributed by atoms with van der Waals surface area (Å²) < 4.78 is 0. The van der Waals surface area contributed by atoms with Gasteiger partial charge in [-0.2, -0.15) is 0 Å². The van der Waals surface area contributed by atoms with Gasteiger partial charge in [0.25, 0.3) is 0 Å². The molecule has 0 radical (unpaired) electrons. The van der Waals surface area contributed by atoms with Crippen LogP contribution in [0.4, 0.5) is 0 Å². The minimum Gasteiger partial charge on any atom is -0.392 e. The molecule has 2 N–H and O–H groups in total. The fourth-order valence-electron chi connectivity index (χ4n) is 2.71. The number of rotatable bonds is 6. The molecular formula is C13H27NO2. The lowest BCUT2D eigenvalue weighted by Gasteiger charge is -2.31. The molecule has 0 aromatic carbocycles. The Morgan fingerprint density at radius 3 is 1.94 bits per heavy atom. The van der Waals surface area contributed by atoms with Crippen molar-refractivity contribution >= 4 is 0 Å². The zero-order valence-electron chi connectivity index (χ0n) is 10.7. The monoisotopic (exact) mass is 229 g/mol. The second-order valence-corrected chi connectivity index (χ2v) is 5.42. The van der Waals surface area contributed by atoms with Crippen molar-refractivity contribution in [2.24, 2.45) is 5.92 Å². The maximum Gasteiger partial charge on any atom is 0.0639 e. The Bertz CT molecular complexity index is 167. The van der Waals surface area contributed by atoms with E-state index in [1.54, 1.807) is 0 Å². The topological polar surface area (TPSA) is 43.7 Å². The molecule has 3 heteroatoms. The lowest BCUT2D eigenvalue weighted by Crippen LogP contribution is -2.39. The highest BCUT2D eigenvalue weighted by Crippen LogP contribution is 2.24. The molecule has 2 atom stereocenters. The second-order valence-electron chi connectivity index (χ2n) is 5.42. The van der Waals surface area contributed by atoms with Gasteiger partial charge in [0, 0.05) is 19.6 Å². The first-order chi connectivity index (χ1) is 7.58. The van der Waals surface area contributed by atoms with E-state index in [0.717, 1.165) is 12.5 Å². The van der Waals surface area contributed by atoms with E-state index in [2.05, 4.69) is 4.90 Å². The Kier molecular flexibility index (Phi) is 6.32. The molecule has 1 aliphatic rings. The predicted molar refractivity (Wildman–Crippen MR) is 66.4 cm³/mol. The Labute approximate surface area is 99.5 Å². The molecule has 1 aliphatic carbocycles. The van der Waals surface area contributed by atoms with Gasteiger partial charge in [-0.1, -0.05) is 19.3 Å². The van der Waals surface area contributed by atoms with Gasteiger partial charge in [0.15, 0.2) is 0 Å². The van der Waals surface area contributed by atoms with E-state index in [4.69, 9.17) is 0 Å². The summed E-state index contributed by atoms with van der Waals surface area (Å²) in [6.45, 7) is 6.03. The van der Waals surface area contributed by atoms with Crippen LogP contribution in [0.2, 0.25) is 0 Å². The molecule has 0 aliphatic heterocycles. The minimum absolute atomic E-state index is 0.303. The molecule has 0 amide bonds. The van der Waals surface area contributed by atoms with Gasteiger partial charge in [-0.25, -0.2) is 0 Å². The summed E-state index contributed by atoms with van der Waals surface area (Å²) in [5, 5.41) is 18.9. The third-order valence-electron chi connectivity index (χ3n) is 3.29. The quantitative estimate of drug-likeness (QED) is 0.727. The van der Waals surface area contributed by atoms with E-state index in [9.17, 15) is 10.2 Å². The van der Waals surface area contributed by atoms with Gasteiger partial charge in [-0.15, -0.1) is 0 Å². The van der Waals surface area contributed by atoms with E-state index in [1.807, 2.05) is 13.8 Å². The third-order valence-corrected chi connectivity index (χ3v) is 3.29. The molecule has 0 bridgehead atoms. The van der Waals surface area contributed by atoms with Crippen molar-refractivity contribution in [3.8, 4) is 0 Å². The zero-order chi connectivity index (χ0) is 12.0. The van der Waals surface area contributed by atoms with E-state index in [0.29, 0.717) is 13.1 Å². The molecule has 0 aromatic rings. The van der Waals surface area contributed by atoms with Crippen LogP contribution >= 0.6 is 0 Å². The molecule has 0 spiro atoms. The summed E-state index contributed by atoms with van der Waals surface area (Å²) in [5.41, 5.74) is 0. The van der Waals surface area contributed by atoms with Gasteiger partial charge in [-0.05, 0) is 32.6 Å². The van der Waals surface area contributed by atoms with Crippen LogP contribution in [0.5, 0.6) is 0 Å². The maximum atomic E-state index is 9.44. The molecule has 1 fully saturated rings. The van der Waals surface area contributed by atoms with Crippen LogP contribution in [0.15, 0.2) is 0 Å². The first-order valence-corrected chi connectivity index (χ1v) is 6.66. The molecule has 16 heavy (non-hydrogen) atoms. The van der Waals surface area contributed by atoms with Crippen molar-refractivity contribution in [1.29, 1.82) is 0 Å². The van der Waals surface area contributed by atoms with Crippen molar-refractivity contribution in [3.63, 3.8) is 0 Å². The van der Waals surface area contributed by atoms with Gasteiger partial charge in [0.1, 0.15) is 0 Å². The number of aliphatic hydroxyl groups excluding tert-OH is 2. The lowest BCUT2D eigenvalue weighted by molar-refractivity contribution is 0.0693. The second kappa shape index (κ2) is 7.25. The van der Waals surface area contributed by atoms with Crippen LogP contribution in [0.3, 0.4) is 0 Å². The fraction of sp³-hybridized carbons (Fsp3) is 1.00. The van der Waals surface area contributed by atoms with Crippen LogP contribution in [0.25, 0.3) is 0 Å². The average molecular weight is 229 g/mol. The zero-order valence-corrected chi connectivity index (χ0v) is 10.7. The van der Waals surface area contributed by atoms with Crippen LogP contribution in [0, 0.1) is 5.92 Å². The Morgan fingerprint density at radius 1 is 1.00 bits per heavy atom. The first kappa shape index (κ1) is 13.9. The van der Waals surface area contributed by atoms with Crippen molar-refractivity contribution in [2.45, 2.75) is 58.2 Å². The van der Waals surface area contributed by atoms with Gasteiger partial charge in [0.05, 0.1) is 12.2 Å². The van der Waals surface area contributed by atoms with Crippen molar-refractivity contribution in [1.82, 2.24) is 4.90 Å². The number of hydrogen-bond donors (Lipinski definition) is 2. The summed E-state index contributed by atoms with van der Waals surface area (Å²) in [5.74, 6) is 0.770. The predicted octanol–water partition coefficient (Wildman–Crippen LogP) is 1.63. The van der Waals surface area contributed by atoms with Crippen molar-refractivity contribution in [2.75, 3.05) is 19.6 Å². The van der Waals surface area contributed by atoms with Gasteiger partial charge in [-0.3, -0.25) is 4.90 Å². The summed E-state index contributed by atoms with van der Waals surface area (Å²) in [6.07, 6.45) is 6.10. The summed E-state index contributed by atoms with van der Waals surface area (Å²) in [7, 11) is 0. The van der Waals surface area contributed by atoms with Crippen molar-refractivity contribution < 1.29 is 10.2 Å². The standard InChI is InChI=1S/C13H27NO2/c1-11(15)8-14(9-12(2)16)10-13-6-4-3-5-7-13/h11-13,15-16H,3-10H2,1-2H3/t11-,12-/m0/s1. The van der Waals surface area contributed by atoms with Gasteiger partial charge in [0.2, 0.25) is 0 Å². The first-order valence-electron chi connectivity index (χ1n) is 6.66. The smallest absolute Gasteiger partial charge is 0.0639 e. The maximum absolute atomic E-state index is 9.44. The minimum atomic E-state index is -0.303. The highest BCUT2D eigenvalue weighted by atomic mass is 16.3. The van der Waals surface area contributed by atoms with Crippen LogP contribution in [0.1, 0.15) is 46.0 Å². The molecule has 96 valence electrons. The van der Waals surface area contributed by atoms with E-state index < -0.39 is 0 Å². The molecule has 1 rings (SSSR count). The molecule has 3 nitrogen and oxygen atoms in total. The molecule has 0 saturated heterocycles. The molecule has 0 unspecified atom stereocenters. The van der Waals surface area contributed by atoms with E-state index >= 15 is 0 Å². The van der Waals surface area contributed by atoms with Gasteiger partial charge < -0.3 is 10.2 Å². The normalized spacial score (nSPS) is 22.3. The Morgan fingerprint density at radius 2 is 1.50 bits per heavy atom. The third kappa shape index (κ3) is 5.83. The lowest BCUT2D eigenvalue weighted by atomic mass is 9.89. The highest BCUT2D eigenvalue weighted by Gasteiger charge is 2.19. The Balaban J connectivity index is 2.35. The van der Waals surface area contributed by atoms with Gasteiger partial charge >= 0.3 is 0 Å². The summed E-state index contributed by atoms with van der Waals surface area (Å²) >= 11 is 0. The van der Waals surface area contributed by atoms with Crippen LogP contribution in [-0.4, -0.2) is 47.0 Å². The molecule has 0 heterocycles. The molecule has 1 saturated carbocycles. The fourth-order valence-corrected chi connectivity index (χ4v) is 2.71. The molecular weight excluding hydrogens is 202 g/mol. The van der Waals surface area contributed by atoms with Crippen LogP contribution < -0.4 is 0 Å². The van der Waals surface area contributed by atoms with Crippen LogP contribution in [-0.2, 0) is 0 Å². The Hall–Kier alpha value is -0.120. The highest BCUT2D eigenvalue weighted by molar-refractivity contribution is 4.72. The van der Waals surface area contributed by atoms with Crippen molar-refractivity contribution in [3.05, 3.63) is 0 Å². The summed E-state index contributed by atoms with van der Waals surface area (Å²) in [4.78, 5) is 2.21. The largest absolute Gasteiger partial charge is 0.392 e. The number of aliphatic hydroxyl groups is 2. The SMILES string of the molecule is C[C@H](O)CN(CC1CCCCC1)C[C@H](C)O.